The van der Waals surface area contributed by atoms with E-state index in [1.807, 2.05) is 41.3 Å². The summed E-state index contributed by atoms with van der Waals surface area (Å²) in [6.45, 7) is 1.46. The van der Waals surface area contributed by atoms with Crippen molar-refractivity contribution in [2.75, 3.05) is 33.4 Å². The van der Waals surface area contributed by atoms with Gasteiger partial charge in [-0.2, -0.15) is 8.78 Å². The number of ether oxygens (including phenoxy) is 1. The van der Waals surface area contributed by atoms with Crippen LogP contribution in [0, 0.1) is 11.8 Å². The standard InChI is InChI=1S/C58H70F2N9O12P/c1-67-29-28-40-21-24-49(69(40)57(77)46(34-67)64-53(73)45-32-38-31-39(20-22-43(38)62-45)58(59,60)81-82(78)79)55(75)63-44(23-26-50(61)70)52(72)65-47(37-16-11-9-12-17-37)35-80-30-13-8-6-4-2-3-5-7-10-15-36-18-14-19-41-42(36)33-68(56(41)76)48-25-27-51(71)66-54(48)74/h9,11-12,14,16-20,22,31-32,40,44,46-49,62,78-79H,2-8,13,21,23-30,33-35H2,1H3,(H2,61,70)(H,63,75)(H,64,73)(H,65,72)(H,66,71,74)/t40-,44+,46+,47+,48?,49+/m1/s1. The van der Waals surface area contributed by atoms with E-state index in [0.717, 1.165) is 73.8 Å². The highest BCUT2D eigenvalue weighted by Crippen LogP contribution is 2.42. The molecule has 1 aromatic heterocycles. The molecular formula is C58H70F2N9O12P. The van der Waals surface area contributed by atoms with Gasteiger partial charge in [-0.05, 0) is 106 Å². The van der Waals surface area contributed by atoms with Crippen LogP contribution < -0.4 is 27.0 Å². The number of amides is 8. The molecule has 4 aromatic rings. The minimum atomic E-state index is -4.03. The lowest BCUT2D eigenvalue weighted by molar-refractivity contribution is -0.189. The summed E-state index contributed by atoms with van der Waals surface area (Å²) in [5, 5.41) is 11.1. The van der Waals surface area contributed by atoms with Crippen LogP contribution in [0.2, 0.25) is 0 Å². The minimum absolute atomic E-state index is 0.0476. The first-order valence-corrected chi connectivity index (χ1v) is 29.0. The molecule has 21 nitrogen and oxygen atoms in total. The van der Waals surface area contributed by atoms with Crippen LogP contribution in [0.25, 0.3) is 10.9 Å². The molecule has 3 fully saturated rings. The van der Waals surface area contributed by atoms with Crippen LogP contribution in [-0.4, -0.2) is 140 Å². The summed E-state index contributed by atoms with van der Waals surface area (Å²) in [5.74, 6) is 2.37. The number of nitrogens with two attached hydrogens (primary N) is 1. The predicted molar refractivity (Wildman–Crippen MR) is 296 cm³/mol. The molecule has 438 valence electrons. The van der Waals surface area contributed by atoms with E-state index in [1.54, 1.807) is 19.2 Å². The van der Waals surface area contributed by atoms with Crippen molar-refractivity contribution in [1.29, 1.82) is 0 Å². The molecular weight excluding hydrogens is 1080 g/mol. The van der Waals surface area contributed by atoms with E-state index in [2.05, 4.69) is 42.6 Å². The molecule has 82 heavy (non-hydrogen) atoms. The average Bonchev–Trinajstić information content (AvgIpc) is 4.39. The fourth-order valence-corrected chi connectivity index (χ4v) is 11.4. The number of nitrogens with one attached hydrogen (secondary N) is 5. The SMILES string of the molecule is CN1CC[C@H]2CC[C@@H](C(=O)N[C@@H](CCC(N)=O)C(=O)N[C@@H](COCCCCCCCCCC#Cc3cccc4c3CN(C3CCC(=O)NC3=O)C4=O)c3ccccc3)N2C(=O)[C@@H](NC(=O)c2cc3cc(C(F)(F)OP(O)O)ccc3[nH]2)C1. The Balaban J connectivity index is 0.798. The molecule has 8 rings (SSSR count). The molecule has 4 aliphatic heterocycles. The van der Waals surface area contributed by atoms with E-state index < -0.39 is 85.9 Å². The van der Waals surface area contributed by atoms with Gasteiger partial charge in [-0.3, -0.25) is 43.7 Å². The lowest BCUT2D eigenvalue weighted by Gasteiger charge is -2.38. The van der Waals surface area contributed by atoms with Gasteiger partial charge in [0.25, 0.3) is 11.8 Å². The third-order valence-electron chi connectivity index (χ3n) is 15.4. The van der Waals surface area contributed by atoms with Crippen LogP contribution in [-0.2, 0) is 50.7 Å². The minimum Gasteiger partial charge on any atom is -0.379 e. The van der Waals surface area contributed by atoms with Crippen molar-refractivity contribution >= 4 is 66.8 Å². The molecule has 3 saturated heterocycles. The molecule has 0 saturated carbocycles. The summed E-state index contributed by atoms with van der Waals surface area (Å²) in [4.78, 5) is 132. The Labute approximate surface area is 474 Å². The van der Waals surface area contributed by atoms with Crippen molar-refractivity contribution < 1.29 is 66.2 Å². The number of aromatic amines is 1. The maximum Gasteiger partial charge on any atom is 0.389 e. The highest BCUT2D eigenvalue weighted by molar-refractivity contribution is 7.39. The van der Waals surface area contributed by atoms with E-state index >= 15 is 0 Å². The molecule has 0 radical (unpaired) electrons. The number of primary amides is 1. The highest BCUT2D eigenvalue weighted by atomic mass is 31.2. The lowest BCUT2D eigenvalue weighted by Crippen LogP contribution is -2.61. The van der Waals surface area contributed by atoms with Crippen molar-refractivity contribution in [1.82, 2.24) is 41.0 Å². The van der Waals surface area contributed by atoms with E-state index in [0.29, 0.717) is 49.9 Å². The number of nitrogens with zero attached hydrogens (tertiary/aromatic N) is 3. The van der Waals surface area contributed by atoms with E-state index in [1.165, 1.54) is 21.9 Å². The topological polar surface area (TPSA) is 295 Å². The number of fused-ring (bicyclic) bond motifs is 3. The van der Waals surface area contributed by atoms with Gasteiger partial charge in [-0.1, -0.05) is 80.3 Å². The Hall–Kier alpha value is -7.19. The van der Waals surface area contributed by atoms with Gasteiger partial charge in [0.2, 0.25) is 35.4 Å². The fraction of sp³-hybridized carbons (Fsp3) is 0.483. The normalized spacial score (nSPS) is 20.1. The predicted octanol–water partition coefficient (Wildman–Crippen LogP) is 4.80. The summed E-state index contributed by atoms with van der Waals surface area (Å²) in [5.41, 5.74) is 8.00. The van der Waals surface area contributed by atoms with Gasteiger partial charge in [0.1, 0.15) is 29.9 Å². The quantitative estimate of drug-likeness (QED) is 0.0192. The molecule has 9 N–H and O–H groups in total. The number of alkyl halides is 2. The third kappa shape index (κ3) is 15.7. The average molecular weight is 1150 g/mol. The molecule has 5 heterocycles. The summed E-state index contributed by atoms with van der Waals surface area (Å²) >= 11 is 0. The number of rotatable bonds is 25. The van der Waals surface area contributed by atoms with Crippen LogP contribution in [0.5, 0.6) is 0 Å². The van der Waals surface area contributed by atoms with E-state index in [9.17, 15) is 47.1 Å². The van der Waals surface area contributed by atoms with Crippen LogP contribution in [0.1, 0.15) is 145 Å². The molecule has 0 spiro atoms. The monoisotopic (exact) mass is 1150 g/mol. The summed E-state index contributed by atoms with van der Waals surface area (Å²) in [7, 11) is -1.57. The number of imide groups is 1. The summed E-state index contributed by atoms with van der Waals surface area (Å²) in [6.07, 6.45) is 4.89. The third-order valence-corrected chi connectivity index (χ3v) is 15.8. The zero-order valence-electron chi connectivity index (χ0n) is 45.6. The molecule has 4 aliphatic rings. The van der Waals surface area contributed by atoms with Crippen molar-refractivity contribution in [3.05, 3.63) is 106 Å². The zero-order chi connectivity index (χ0) is 58.5. The van der Waals surface area contributed by atoms with Crippen LogP contribution in [0.3, 0.4) is 0 Å². The zero-order valence-corrected chi connectivity index (χ0v) is 46.5. The Morgan fingerprint density at radius 2 is 1.66 bits per heavy atom. The van der Waals surface area contributed by atoms with Crippen molar-refractivity contribution in [3.63, 3.8) is 0 Å². The molecule has 1 unspecified atom stereocenters. The molecule has 0 aliphatic carbocycles. The first-order chi connectivity index (χ1) is 39.4. The number of hydrogen-bond acceptors (Lipinski definition) is 13. The molecule has 3 aromatic carbocycles. The van der Waals surface area contributed by atoms with Crippen LogP contribution in [0.15, 0.2) is 72.8 Å². The number of unbranched alkanes of at least 4 members (excludes halogenated alkanes) is 7. The first kappa shape index (κ1) is 60.9. The van der Waals surface area contributed by atoms with Gasteiger partial charge in [0, 0.05) is 67.0 Å². The van der Waals surface area contributed by atoms with Crippen molar-refractivity contribution in [2.24, 2.45) is 5.73 Å². The highest BCUT2D eigenvalue weighted by Gasteiger charge is 2.46. The number of carbonyl (C=O) groups excluding carboxylic acids is 8. The van der Waals surface area contributed by atoms with Gasteiger partial charge in [-0.25, -0.2) is 4.52 Å². The molecule has 8 amide bonds. The number of carbonyl (C=O) groups is 8. The van der Waals surface area contributed by atoms with Gasteiger partial charge < -0.3 is 55.9 Å². The van der Waals surface area contributed by atoms with E-state index in [-0.39, 0.29) is 74.3 Å². The molecule has 0 bridgehead atoms. The maximum absolute atomic E-state index is 14.5. The number of benzene rings is 3. The number of H-pyrrole nitrogens is 1. The smallest absolute Gasteiger partial charge is 0.379 e. The second kappa shape index (κ2) is 28.2. The number of hydrogen-bond donors (Lipinski definition) is 8. The number of piperidine rings is 1. The summed E-state index contributed by atoms with van der Waals surface area (Å²) < 4.78 is 39.1. The lowest BCUT2D eigenvalue weighted by atomic mass is 10.0. The number of likely N-dealkylation sites (N-methyl/N-ethyl adjacent to an activating group) is 1. The van der Waals surface area contributed by atoms with E-state index in [4.69, 9.17) is 20.3 Å². The second-order valence-electron chi connectivity index (χ2n) is 21.3. The Kier molecular flexibility index (Phi) is 20.9. The van der Waals surface area contributed by atoms with Gasteiger partial charge >= 0.3 is 14.7 Å². The van der Waals surface area contributed by atoms with Gasteiger partial charge in [-0.15, -0.1) is 0 Å². The maximum atomic E-state index is 14.5. The fourth-order valence-electron chi connectivity index (χ4n) is 11.1. The number of aromatic nitrogens is 1. The van der Waals surface area contributed by atoms with Crippen molar-refractivity contribution in [3.8, 4) is 11.8 Å². The Bertz CT molecular complexity index is 3060. The Morgan fingerprint density at radius 3 is 2.40 bits per heavy atom. The van der Waals surface area contributed by atoms with Crippen LogP contribution >= 0.6 is 8.60 Å². The summed E-state index contributed by atoms with van der Waals surface area (Å²) in [6, 6.07) is 14.2. The van der Waals surface area contributed by atoms with Gasteiger partial charge in [0.05, 0.1) is 18.2 Å². The van der Waals surface area contributed by atoms with Crippen LogP contribution in [0.4, 0.5) is 8.78 Å². The van der Waals surface area contributed by atoms with Gasteiger partial charge in [0.15, 0.2) is 0 Å². The Morgan fingerprint density at radius 1 is 0.902 bits per heavy atom. The number of halogens is 2. The van der Waals surface area contributed by atoms with Crippen molar-refractivity contribution in [2.45, 2.75) is 145 Å². The second-order valence-corrected chi connectivity index (χ2v) is 22.0. The first-order valence-electron chi connectivity index (χ1n) is 27.8. The molecule has 6 atom stereocenters. The molecule has 24 heteroatoms. The largest absolute Gasteiger partial charge is 0.389 e.